The summed E-state index contributed by atoms with van der Waals surface area (Å²) in [5.41, 5.74) is 2.67. The topological polar surface area (TPSA) is 65.1 Å². The fourth-order valence-corrected chi connectivity index (χ4v) is 3.31. The van der Waals surface area contributed by atoms with Gasteiger partial charge in [-0.15, -0.1) is 0 Å². The van der Waals surface area contributed by atoms with Crippen molar-refractivity contribution >= 4 is 12.4 Å². The molecule has 1 atom stereocenters. The van der Waals surface area contributed by atoms with Crippen LogP contribution >= 0.6 is 0 Å². The van der Waals surface area contributed by atoms with Crippen LogP contribution in [0.25, 0.3) is 11.1 Å². The van der Waals surface area contributed by atoms with Crippen LogP contribution in [0.5, 0.6) is 5.75 Å². The average molecular weight is 448 g/mol. The quantitative estimate of drug-likeness (QED) is 0.252. The molecule has 6 heteroatoms. The van der Waals surface area contributed by atoms with E-state index in [1.807, 2.05) is 87.5 Å². The molecule has 0 heterocycles. The smallest absolute Gasteiger partial charge is 0.336 e. The van der Waals surface area contributed by atoms with E-state index in [-0.39, 0.29) is 6.61 Å². The van der Waals surface area contributed by atoms with Crippen molar-refractivity contribution in [3.8, 4) is 16.9 Å². The highest BCUT2D eigenvalue weighted by Crippen LogP contribution is 2.29. The van der Waals surface area contributed by atoms with Gasteiger partial charge in [-0.3, -0.25) is 9.63 Å². The van der Waals surface area contributed by atoms with Gasteiger partial charge in [0, 0.05) is 0 Å². The first-order chi connectivity index (χ1) is 15.8. The number of methoxy groups -OCH3 is 1. The summed E-state index contributed by atoms with van der Waals surface area (Å²) in [5.74, 6) is 0.175. The fraction of sp³-hybridized carbons (Fsp3) is 0.259. The van der Waals surface area contributed by atoms with Gasteiger partial charge in [0.25, 0.3) is 0 Å². The largest absolute Gasteiger partial charge is 0.497 e. The average Bonchev–Trinajstić information content (AvgIpc) is 2.82. The first kappa shape index (κ1) is 24.0. The third-order valence-electron chi connectivity index (χ3n) is 4.81. The first-order valence-corrected chi connectivity index (χ1v) is 10.7. The Balaban J connectivity index is 1.88. The second-order valence-electron chi connectivity index (χ2n) is 8.52. The Labute approximate surface area is 194 Å². The summed E-state index contributed by atoms with van der Waals surface area (Å²) in [7, 11) is 1.62. The molecule has 0 aliphatic heterocycles. The maximum atomic E-state index is 13.1. The van der Waals surface area contributed by atoms with Crippen LogP contribution in [0.2, 0.25) is 0 Å². The number of nitrogens with zero attached hydrogens (tertiary/aromatic N) is 1. The third-order valence-corrected chi connectivity index (χ3v) is 4.81. The number of benzene rings is 3. The molecular weight excluding hydrogens is 418 g/mol. The number of ether oxygens (including phenoxy) is 2. The number of hydrogen-bond donors (Lipinski definition) is 0. The highest BCUT2D eigenvalue weighted by molar-refractivity contribution is 5.80. The Morgan fingerprint density at radius 1 is 0.939 bits per heavy atom. The van der Waals surface area contributed by atoms with E-state index >= 15 is 0 Å². The number of carbonyl (C=O) groups excluding carboxylic acids is 2. The van der Waals surface area contributed by atoms with E-state index in [2.05, 4.69) is 0 Å². The van der Waals surface area contributed by atoms with Gasteiger partial charge in [0.1, 0.15) is 12.4 Å². The highest BCUT2D eigenvalue weighted by Gasteiger charge is 2.32. The van der Waals surface area contributed by atoms with Gasteiger partial charge in [-0.05, 0) is 55.2 Å². The SMILES string of the molecule is COc1cccc(-c2ccc([C@@H](C(=O)OCc3ccccc3)N(C=O)OC(C)(C)C)cc2)c1. The van der Waals surface area contributed by atoms with Gasteiger partial charge in [0.05, 0.1) is 12.7 Å². The van der Waals surface area contributed by atoms with E-state index in [1.54, 1.807) is 19.2 Å². The standard InChI is InChI=1S/C27H29NO5/c1-27(2,3)33-28(19-29)25(26(30)32-18-20-9-6-5-7-10-20)22-15-13-21(14-16-22)23-11-8-12-24(17-23)31-4/h5-17,19,25H,18H2,1-4H3/t25-/m0/s1. The molecule has 0 N–H and O–H groups in total. The minimum Gasteiger partial charge on any atom is -0.497 e. The molecule has 0 saturated carbocycles. The van der Waals surface area contributed by atoms with Crippen LogP contribution < -0.4 is 4.74 Å². The predicted octanol–water partition coefficient (Wildman–Crippen LogP) is 5.34. The van der Waals surface area contributed by atoms with Crippen molar-refractivity contribution in [1.82, 2.24) is 5.06 Å². The predicted molar refractivity (Wildman–Crippen MR) is 126 cm³/mol. The van der Waals surface area contributed by atoms with Gasteiger partial charge < -0.3 is 9.47 Å². The molecule has 172 valence electrons. The lowest BCUT2D eigenvalue weighted by atomic mass is 10.0. The fourth-order valence-electron chi connectivity index (χ4n) is 3.31. The molecule has 0 unspecified atom stereocenters. The number of amides is 1. The zero-order chi connectivity index (χ0) is 23.8. The van der Waals surface area contributed by atoms with Gasteiger partial charge in [-0.2, -0.15) is 0 Å². The lowest BCUT2D eigenvalue weighted by Crippen LogP contribution is -2.39. The zero-order valence-corrected chi connectivity index (χ0v) is 19.4. The van der Waals surface area contributed by atoms with Crippen molar-refractivity contribution < 1.29 is 23.9 Å². The van der Waals surface area contributed by atoms with Gasteiger partial charge in [0.2, 0.25) is 6.41 Å². The van der Waals surface area contributed by atoms with E-state index in [0.29, 0.717) is 12.0 Å². The van der Waals surface area contributed by atoms with Gasteiger partial charge >= 0.3 is 5.97 Å². The van der Waals surface area contributed by atoms with E-state index in [0.717, 1.165) is 27.5 Å². The van der Waals surface area contributed by atoms with Crippen molar-refractivity contribution in [2.24, 2.45) is 0 Å². The summed E-state index contributed by atoms with van der Waals surface area (Å²) in [6, 6.07) is 23.4. The maximum Gasteiger partial charge on any atom is 0.336 e. The lowest BCUT2D eigenvalue weighted by molar-refractivity contribution is -0.237. The summed E-state index contributed by atoms with van der Waals surface area (Å²) in [4.78, 5) is 30.8. The number of hydrogen-bond acceptors (Lipinski definition) is 5. The van der Waals surface area contributed by atoms with E-state index in [9.17, 15) is 9.59 Å². The summed E-state index contributed by atoms with van der Waals surface area (Å²) >= 11 is 0. The minimum absolute atomic E-state index is 0.0975. The summed E-state index contributed by atoms with van der Waals surface area (Å²) in [6.45, 7) is 5.52. The van der Waals surface area contributed by atoms with Crippen LogP contribution in [-0.2, 0) is 25.8 Å². The minimum atomic E-state index is -1.05. The zero-order valence-electron chi connectivity index (χ0n) is 19.4. The molecule has 0 aliphatic carbocycles. The molecule has 0 aromatic heterocycles. The molecule has 0 bridgehead atoms. The molecule has 3 aromatic carbocycles. The molecule has 33 heavy (non-hydrogen) atoms. The molecule has 6 nitrogen and oxygen atoms in total. The van der Waals surface area contributed by atoms with Crippen molar-refractivity contribution in [2.45, 2.75) is 39.0 Å². The Bertz CT molecular complexity index is 1060. The van der Waals surface area contributed by atoms with E-state index in [4.69, 9.17) is 14.3 Å². The number of hydroxylamine groups is 2. The summed E-state index contributed by atoms with van der Waals surface area (Å²) in [5, 5.41) is 1.02. The Morgan fingerprint density at radius 3 is 2.24 bits per heavy atom. The van der Waals surface area contributed by atoms with Crippen LogP contribution in [0, 0.1) is 0 Å². The van der Waals surface area contributed by atoms with Gasteiger partial charge in [-0.25, -0.2) is 9.86 Å². The van der Waals surface area contributed by atoms with Gasteiger partial charge in [-0.1, -0.05) is 66.7 Å². The van der Waals surface area contributed by atoms with Crippen molar-refractivity contribution in [3.63, 3.8) is 0 Å². The highest BCUT2D eigenvalue weighted by atomic mass is 16.7. The third kappa shape index (κ3) is 6.67. The van der Waals surface area contributed by atoms with Crippen LogP contribution in [-0.4, -0.2) is 30.2 Å². The van der Waals surface area contributed by atoms with Crippen molar-refractivity contribution in [2.75, 3.05) is 7.11 Å². The normalized spacial score (nSPS) is 12.0. The molecule has 1 amide bonds. The Morgan fingerprint density at radius 2 is 1.64 bits per heavy atom. The first-order valence-electron chi connectivity index (χ1n) is 10.7. The molecule has 0 radical (unpaired) electrons. The Hall–Kier alpha value is -3.64. The van der Waals surface area contributed by atoms with Crippen molar-refractivity contribution in [1.29, 1.82) is 0 Å². The van der Waals surface area contributed by atoms with Crippen LogP contribution in [0.1, 0.15) is 37.9 Å². The van der Waals surface area contributed by atoms with E-state index < -0.39 is 17.6 Å². The number of esters is 1. The van der Waals surface area contributed by atoms with Crippen molar-refractivity contribution in [3.05, 3.63) is 90.0 Å². The summed E-state index contributed by atoms with van der Waals surface area (Å²) < 4.78 is 10.9. The molecule has 0 saturated heterocycles. The maximum absolute atomic E-state index is 13.1. The number of carbonyl (C=O) groups is 2. The van der Waals surface area contributed by atoms with Crippen LogP contribution in [0.3, 0.4) is 0 Å². The summed E-state index contributed by atoms with van der Waals surface area (Å²) in [6.07, 6.45) is 0.510. The Kier molecular flexibility index (Phi) is 7.85. The molecule has 0 spiro atoms. The monoisotopic (exact) mass is 447 g/mol. The number of rotatable bonds is 9. The molecule has 0 aliphatic rings. The van der Waals surface area contributed by atoms with Crippen LogP contribution in [0.15, 0.2) is 78.9 Å². The molecular formula is C27H29NO5. The molecule has 3 aromatic rings. The van der Waals surface area contributed by atoms with Crippen LogP contribution in [0.4, 0.5) is 0 Å². The van der Waals surface area contributed by atoms with Gasteiger partial charge in [0.15, 0.2) is 6.04 Å². The second-order valence-corrected chi connectivity index (χ2v) is 8.52. The molecule has 3 rings (SSSR count). The molecule has 0 fully saturated rings. The second kappa shape index (κ2) is 10.8. The van der Waals surface area contributed by atoms with E-state index in [1.165, 1.54) is 0 Å². The lowest BCUT2D eigenvalue weighted by Gasteiger charge is -2.32.